The van der Waals surface area contributed by atoms with E-state index in [4.69, 9.17) is 15.5 Å². The van der Waals surface area contributed by atoms with Gasteiger partial charge in [-0.1, -0.05) is 18.2 Å². The Morgan fingerprint density at radius 1 is 1.28 bits per heavy atom. The zero-order valence-electron chi connectivity index (χ0n) is 16.0. The predicted octanol–water partition coefficient (Wildman–Crippen LogP) is 2.26. The van der Waals surface area contributed by atoms with Crippen LogP contribution in [0.3, 0.4) is 0 Å². The lowest BCUT2D eigenvalue weighted by Crippen LogP contribution is -2.31. The molecule has 0 saturated carbocycles. The lowest BCUT2D eigenvalue weighted by molar-refractivity contribution is -0.141. The lowest BCUT2D eigenvalue weighted by atomic mass is 10.1. The molecule has 8 nitrogen and oxygen atoms in total. The summed E-state index contributed by atoms with van der Waals surface area (Å²) in [5.41, 5.74) is 9.37. The lowest BCUT2D eigenvalue weighted by Gasteiger charge is -2.11. The molecule has 2 aromatic heterocycles. The van der Waals surface area contributed by atoms with E-state index in [2.05, 4.69) is 4.74 Å². The fourth-order valence-electron chi connectivity index (χ4n) is 3.35. The number of fused-ring (bicyclic) bond motifs is 4. The number of aryl methyl sites for hydroxylation is 1. The summed E-state index contributed by atoms with van der Waals surface area (Å²) in [6.07, 6.45) is -1.19. The molecule has 0 amide bonds. The monoisotopic (exact) mass is 393 g/mol. The molecule has 1 aromatic carbocycles. The summed E-state index contributed by atoms with van der Waals surface area (Å²) in [6, 6.07) is 10.7. The van der Waals surface area contributed by atoms with Crippen LogP contribution in [0.2, 0.25) is 0 Å². The van der Waals surface area contributed by atoms with E-state index in [9.17, 15) is 14.4 Å². The number of para-hydroxylation sites is 1. The number of hydrogen-bond acceptors (Lipinski definition) is 7. The molecule has 0 bridgehead atoms. The molecule has 1 aliphatic heterocycles. The van der Waals surface area contributed by atoms with E-state index in [0.29, 0.717) is 17.7 Å². The fraction of sp³-hybridized carbons (Fsp3) is 0.238. The van der Waals surface area contributed by atoms with Crippen molar-refractivity contribution in [3.05, 3.63) is 63.4 Å². The molecule has 2 N–H and O–H groups in total. The Morgan fingerprint density at radius 2 is 2.03 bits per heavy atom. The van der Waals surface area contributed by atoms with Gasteiger partial charge in [0.2, 0.25) is 0 Å². The number of hydrogen-bond donors (Lipinski definition) is 1. The first kappa shape index (κ1) is 18.8. The summed E-state index contributed by atoms with van der Waals surface area (Å²) in [5.74, 6) is -0.897. The Bertz CT molecular complexity index is 1210. The van der Waals surface area contributed by atoms with Crippen LogP contribution in [-0.4, -0.2) is 27.7 Å². The molecule has 0 aliphatic carbocycles. The van der Waals surface area contributed by atoms with Gasteiger partial charge in [-0.2, -0.15) is 0 Å². The second-order valence-corrected chi connectivity index (χ2v) is 7.02. The van der Waals surface area contributed by atoms with Crippen LogP contribution in [0.5, 0.6) is 0 Å². The van der Waals surface area contributed by atoms with Gasteiger partial charge in [0.15, 0.2) is 0 Å². The van der Waals surface area contributed by atoms with Gasteiger partial charge in [-0.05, 0) is 37.6 Å². The maximum Gasteiger partial charge on any atom is 0.516 e. The van der Waals surface area contributed by atoms with Gasteiger partial charge < -0.3 is 19.8 Å². The molecule has 3 aromatic rings. The normalized spacial score (nSPS) is 12.9. The highest BCUT2D eigenvalue weighted by atomic mass is 16.7. The molecule has 148 valence electrons. The third-order valence-corrected chi connectivity index (χ3v) is 4.89. The molecular weight excluding hydrogens is 374 g/mol. The van der Waals surface area contributed by atoms with Crippen molar-refractivity contribution < 1.29 is 19.1 Å². The molecule has 0 saturated heterocycles. The van der Waals surface area contributed by atoms with Crippen molar-refractivity contribution in [1.29, 1.82) is 0 Å². The second-order valence-electron chi connectivity index (χ2n) is 7.02. The molecule has 0 fully saturated rings. The van der Waals surface area contributed by atoms with Gasteiger partial charge in [0.1, 0.15) is 12.6 Å². The Kier molecular flexibility index (Phi) is 4.63. The van der Waals surface area contributed by atoms with Crippen LogP contribution < -0.4 is 11.3 Å². The molecule has 1 atom stereocenters. The summed E-state index contributed by atoms with van der Waals surface area (Å²) in [5, 5.41) is 1.01. The molecule has 0 radical (unpaired) electrons. The Hall–Kier alpha value is -3.52. The Balaban J connectivity index is 1.63. The minimum absolute atomic E-state index is 0.270. The van der Waals surface area contributed by atoms with Crippen LogP contribution in [0.1, 0.15) is 23.6 Å². The maximum atomic E-state index is 13.0. The molecule has 3 heterocycles. The number of nitrogens with zero attached hydrogens (tertiary/aromatic N) is 2. The number of carbonyl (C=O) groups excluding carboxylic acids is 2. The van der Waals surface area contributed by atoms with Gasteiger partial charge in [0.05, 0.1) is 29.0 Å². The summed E-state index contributed by atoms with van der Waals surface area (Å²) < 4.78 is 11.0. The van der Waals surface area contributed by atoms with Crippen LogP contribution in [0.25, 0.3) is 22.3 Å². The Labute approximate surface area is 165 Å². The second kappa shape index (κ2) is 7.14. The number of ether oxygens (including phenoxy) is 2. The molecule has 1 unspecified atom stereocenters. The number of carbonyl (C=O) groups is 2. The van der Waals surface area contributed by atoms with Crippen molar-refractivity contribution in [3.8, 4) is 11.4 Å². The van der Waals surface area contributed by atoms with Crippen LogP contribution in [0, 0.1) is 6.92 Å². The first-order valence-electron chi connectivity index (χ1n) is 9.11. The van der Waals surface area contributed by atoms with Crippen molar-refractivity contribution in [1.82, 2.24) is 9.55 Å². The van der Waals surface area contributed by atoms with Crippen molar-refractivity contribution in [2.24, 2.45) is 5.73 Å². The SMILES string of the molecule is Cc1cc2n(c(=O)c1COC(=O)OC(=O)C(C)N)Cc1cc3ccccc3nc1-2. The van der Waals surface area contributed by atoms with E-state index in [1.54, 1.807) is 11.5 Å². The minimum Gasteiger partial charge on any atom is -0.429 e. The topological polar surface area (TPSA) is 114 Å². The molecule has 8 heteroatoms. The van der Waals surface area contributed by atoms with Crippen molar-refractivity contribution in [2.45, 2.75) is 33.0 Å². The highest BCUT2D eigenvalue weighted by Crippen LogP contribution is 2.32. The highest BCUT2D eigenvalue weighted by Gasteiger charge is 2.25. The van der Waals surface area contributed by atoms with Gasteiger partial charge >= 0.3 is 12.1 Å². The standard InChI is InChI=1S/C21H19N3O5/c1-11-7-17-18-14(8-13-5-3-4-6-16(13)23-18)9-24(17)19(25)15(11)10-28-21(27)29-20(26)12(2)22/h3-8,12H,9-10,22H2,1-2H3. The van der Waals surface area contributed by atoms with Gasteiger partial charge in [0, 0.05) is 10.9 Å². The van der Waals surface area contributed by atoms with Crippen LogP contribution in [0.4, 0.5) is 4.79 Å². The number of nitrogens with two attached hydrogens (primary N) is 1. The molecule has 1 aliphatic rings. The molecule has 29 heavy (non-hydrogen) atoms. The van der Waals surface area contributed by atoms with E-state index < -0.39 is 18.2 Å². The van der Waals surface area contributed by atoms with Gasteiger partial charge in [-0.15, -0.1) is 0 Å². The fourth-order valence-corrected chi connectivity index (χ4v) is 3.35. The zero-order chi connectivity index (χ0) is 20.7. The number of benzene rings is 1. The van der Waals surface area contributed by atoms with Gasteiger partial charge in [-0.3, -0.25) is 4.79 Å². The smallest absolute Gasteiger partial charge is 0.429 e. The molecule has 0 spiro atoms. The third-order valence-electron chi connectivity index (χ3n) is 4.89. The van der Waals surface area contributed by atoms with Crippen LogP contribution in [0.15, 0.2) is 41.2 Å². The van der Waals surface area contributed by atoms with E-state index in [-0.39, 0.29) is 12.2 Å². The summed E-state index contributed by atoms with van der Waals surface area (Å²) in [7, 11) is 0. The number of esters is 1. The average Bonchev–Trinajstić information content (AvgIpc) is 3.03. The zero-order valence-corrected chi connectivity index (χ0v) is 16.0. The van der Waals surface area contributed by atoms with Crippen LogP contribution in [-0.2, 0) is 27.4 Å². The summed E-state index contributed by atoms with van der Waals surface area (Å²) in [6.45, 7) is 3.24. The van der Waals surface area contributed by atoms with Gasteiger partial charge in [0.25, 0.3) is 5.56 Å². The number of rotatable bonds is 3. The first-order valence-corrected chi connectivity index (χ1v) is 9.11. The third kappa shape index (κ3) is 3.38. The van der Waals surface area contributed by atoms with Crippen molar-refractivity contribution >= 4 is 23.0 Å². The first-order chi connectivity index (χ1) is 13.8. The molecule has 4 rings (SSSR count). The van der Waals surface area contributed by atoms with Crippen LogP contribution >= 0.6 is 0 Å². The van der Waals surface area contributed by atoms with E-state index >= 15 is 0 Å². The quantitative estimate of drug-likeness (QED) is 0.419. The van der Waals surface area contributed by atoms with E-state index in [1.807, 2.05) is 36.4 Å². The number of aromatic nitrogens is 2. The average molecular weight is 393 g/mol. The molecular formula is C21H19N3O5. The summed E-state index contributed by atoms with van der Waals surface area (Å²) in [4.78, 5) is 40.7. The predicted molar refractivity (Wildman–Crippen MR) is 105 cm³/mol. The largest absolute Gasteiger partial charge is 0.516 e. The van der Waals surface area contributed by atoms with Crippen molar-refractivity contribution in [2.75, 3.05) is 0 Å². The van der Waals surface area contributed by atoms with Gasteiger partial charge in [-0.25, -0.2) is 14.6 Å². The van der Waals surface area contributed by atoms with E-state index in [1.165, 1.54) is 6.92 Å². The van der Waals surface area contributed by atoms with Crippen molar-refractivity contribution in [3.63, 3.8) is 0 Å². The Morgan fingerprint density at radius 3 is 2.79 bits per heavy atom. The van der Waals surface area contributed by atoms with E-state index in [0.717, 1.165) is 27.9 Å². The highest BCUT2D eigenvalue weighted by molar-refractivity contribution is 5.85. The summed E-state index contributed by atoms with van der Waals surface area (Å²) >= 11 is 0. The minimum atomic E-state index is -1.19. The maximum absolute atomic E-state index is 13.0. The number of pyridine rings is 2.